The first-order valence-corrected chi connectivity index (χ1v) is 14.6. The van der Waals surface area contributed by atoms with E-state index in [1.165, 1.54) is 30.5 Å². The number of ether oxygens (including phenoxy) is 1. The predicted octanol–water partition coefficient (Wildman–Crippen LogP) is 3.74. The molecule has 0 saturated heterocycles. The molecule has 2 N–H and O–H groups in total. The Bertz CT molecular complexity index is 1490. The van der Waals surface area contributed by atoms with Gasteiger partial charge in [0.25, 0.3) is 0 Å². The molecule has 0 bridgehead atoms. The van der Waals surface area contributed by atoms with Gasteiger partial charge in [0.15, 0.2) is 0 Å². The van der Waals surface area contributed by atoms with Crippen LogP contribution in [0.1, 0.15) is 17.7 Å². The molecule has 0 aliphatic carbocycles. The molecule has 2 aromatic carbocycles. The summed E-state index contributed by atoms with van der Waals surface area (Å²) in [6, 6.07) is 14.6. The fourth-order valence-electron chi connectivity index (χ4n) is 3.36. The molecule has 0 spiro atoms. The molecule has 2 amide bonds. The minimum atomic E-state index is -3.96. The fourth-order valence-corrected chi connectivity index (χ4v) is 5.66. The normalized spacial score (nSPS) is 11.5. The van der Waals surface area contributed by atoms with Crippen LogP contribution in [-0.4, -0.2) is 53.9 Å². The topological polar surface area (TPSA) is 157 Å². The lowest BCUT2D eigenvalue weighted by Gasteiger charge is -2.21. The Kier molecular flexibility index (Phi) is 9.81. The van der Waals surface area contributed by atoms with Crippen molar-refractivity contribution in [3.63, 3.8) is 0 Å². The first-order chi connectivity index (χ1) is 18.8. The van der Waals surface area contributed by atoms with Crippen LogP contribution in [0.4, 0.5) is 4.79 Å². The summed E-state index contributed by atoms with van der Waals surface area (Å²) in [5.74, 6) is 1.01. The summed E-state index contributed by atoms with van der Waals surface area (Å²) in [7, 11) is -3.96. The number of hydrogen-bond acceptors (Lipinski definition) is 10. The van der Waals surface area contributed by atoms with Crippen molar-refractivity contribution in [1.82, 2.24) is 25.5 Å². The minimum Gasteiger partial charge on any atom is -0.468 e. The van der Waals surface area contributed by atoms with E-state index in [1.54, 1.807) is 23.9 Å². The number of hydrogen-bond donors (Lipinski definition) is 2. The average Bonchev–Trinajstić information content (AvgIpc) is 3.61. The van der Waals surface area contributed by atoms with Crippen molar-refractivity contribution in [2.24, 2.45) is 0 Å². The average molecular weight is 594 g/mol. The van der Waals surface area contributed by atoms with Crippen LogP contribution in [0, 0.1) is 0 Å². The zero-order chi connectivity index (χ0) is 27.7. The summed E-state index contributed by atoms with van der Waals surface area (Å²) in [5.41, 5.74) is 6.76. The highest BCUT2D eigenvalue weighted by Gasteiger charge is 2.26. The van der Waals surface area contributed by atoms with Crippen molar-refractivity contribution in [3.05, 3.63) is 77.2 Å². The molecule has 0 aliphatic rings. The molecule has 0 atom stereocenters. The van der Waals surface area contributed by atoms with Gasteiger partial charge >= 0.3 is 6.09 Å². The summed E-state index contributed by atoms with van der Waals surface area (Å²) >= 11 is 7.43. The molecule has 206 valence electrons. The van der Waals surface area contributed by atoms with E-state index < -0.39 is 22.0 Å². The van der Waals surface area contributed by atoms with Gasteiger partial charge in [-0.05, 0) is 64.4 Å². The van der Waals surface area contributed by atoms with E-state index in [0.29, 0.717) is 33.3 Å². The lowest BCUT2D eigenvalue weighted by atomic mass is 10.2. The lowest BCUT2D eigenvalue weighted by Crippen LogP contribution is -2.43. The number of thioether (sulfide) groups is 1. The SMILES string of the molecule is O=C(CCN(Cc1ccco1)S(=O)(=O)c1ccc(Cl)cc1)NNC(=O)OCCSCc1ccc2nonc2c1. The molecule has 4 aromatic rings. The molecule has 0 fully saturated rings. The predicted molar refractivity (Wildman–Crippen MR) is 143 cm³/mol. The highest BCUT2D eigenvalue weighted by molar-refractivity contribution is 7.98. The molecule has 39 heavy (non-hydrogen) atoms. The van der Waals surface area contributed by atoms with Gasteiger partial charge in [-0.1, -0.05) is 17.7 Å². The number of nitrogens with zero attached hydrogens (tertiary/aromatic N) is 3. The first-order valence-electron chi connectivity index (χ1n) is 11.6. The third-order valence-corrected chi connectivity index (χ3v) is 8.41. The number of halogens is 1. The highest BCUT2D eigenvalue weighted by atomic mass is 35.5. The number of sulfonamides is 1. The van der Waals surface area contributed by atoms with Gasteiger partial charge in [0.05, 0.1) is 17.7 Å². The molecule has 15 heteroatoms. The van der Waals surface area contributed by atoms with Gasteiger partial charge in [0.2, 0.25) is 15.9 Å². The van der Waals surface area contributed by atoms with Crippen molar-refractivity contribution >= 4 is 56.4 Å². The Hall–Kier alpha value is -3.59. The summed E-state index contributed by atoms with van der Waals surface area (Å²) in [6.45, 7) is -0.126. The Balaban J connectivity index is 1.18. The number of fused-ring (bicyclic) bond motifs is 1. The van der Waals surface area contributed by atoms with Crippen LogP contribution >= 0.6 is 23.4 Å². The van der Waals surface area contributed by atoms with Crippen LogP contribution in [0.3, 0.4) is 0 Å². The lowest BCUT2D eigenvalue weighted by molar-refractivity contribution is -0.122. The van der Waals surface area contributed by atoms with E-state index in [-0.39, 0.29) is 31.0 Å². The monoisotopic (exact) mass is 593 g/mol. The fraction of sp³-hybridized carbons (Fsp3) is 0.250. The van der Waals surface area contributed by atoms with Crippen LogP contribution < -0.4 is 10.9 Å². The number of carbonyl (C=O) groups is 2. The summed E-state index contributed by atoms with van der Waals surface area (Å²) in [6.07, 6.45) is 0.369. The van der Waals surface area contributed by atoms with Crippen molar-refractivity contribution in [2.75, 3.05) is 18.9 Å². The molecule has 0 aliphatic heterocycles. The third-order valence-electron chi connectivity index (χ3n) is 5.30. The van der Waals surface area contributed by atoms with E-state index in [1.807, 2.05) is 18.2 Å². The summed E-state index contributed by atoms with van der Waals surface area (Å²) < 4.78 is 42.4. The molecular formula is C24H24ClN5O7S2. The molecule has 0 radical (unpaired) electrons. The van der Waals surface area contributed by atoms with Crippen LogP contribution in [0.2, 0.25) is 5.02 Å². The van der Waals surface area contributed by atoms with E-state index in [0.717, 1.165) is 9.87 Å². The van der Waals surface area contributed by atoms with Gasteiger partial charge in [-0.25, -0.2) is 23.3 Å². The number of furan rings is 1. The van der Waals surface area contributed by atoms with Gasteiger partial charge in [0.1, 0.15) is 23.4 Å². The maximum absolute atomic E-state index is 13.2. The van der Waals surface area contributed by atoms with E-state index in [2.05, 4.69) is 25.8 Å². The largest absolute Gasteiger partial charge is 0.468 e. The van der Waals surface area contributed by atoms with Crippen molar-refractivity contribution in [3.8, 4) is 0 Å². The minimum absolute atomic E-state index is 0.0224. The zero-order valence-electron chi connectivity index (χ0n) is 20.4. The second-order valence-corrected chi connectivity index (χ2v) is 11.6. The number of carbonyl (C=O) groups excluding carboxylic acids is 2. The Morgan fingerprint density at radius 1 is 1.05 bits per heavy atom. The second-order valence-electron chi connectivity index (χ2n) is 8.07. The standard InChI is InChI=1S/C24H24ClN5O7S2/c25-18-4-6-20(7-5-18)39(33,34)30(15-19-2-1-11-35-19)10-9-23(31)26-27-24(32)36-12-13-38-16-17-3-8-21-22(14-17)29-37-28-21/h1-8,11,14H,9-10,12-13,15-16H2,(H,26,31)(H,27,32). The van der Waals surface area contributed by atoms with Crippen LogP contribution in [0.15, 0.2) is 74.8 Å². The maximum Gasteiger partial charge on any atom is 0.426 e. The Labute approximate surface area is 233 Å². The van der Waals surface area contributed by atoms with Crippen LogP contribution in [0.25, 0.3) is 11.0 Å². The number of aromatic nitrogens is 2. The van der Waals surface area contributed by atoms with E-state index in [4.69, 9.17) is 20.8 Å². The summed E-state index contributed by atoms with van der Waals surface area (Å²) in [5, 5.41) is 7.95. The van der Waals surface area contributed by atoms with Crippen molar-refractivity contribution in [2.45, 2.75) is 23.6 Å². The molecule has 2 heterocycles. The molecule has 2 aromatic heterocycles. The van der Waals surface area contributed by atoms with E-state index >= 15 is 0 Å². The first kappa shape index (κ1) is 28.4. The second kappa shape index (κ2) is 13.5. The number of rotatable bonds is 12. The van der Waals surface area contributed by atoms with Gasteiger partial charge in [-0.15, -0.1) is 0 Å². The quantitative estimate of drug-likeness (QED) is 0.183. The molecule has 0 saturated carbocycles. The number of amides is 2. The zero-order valence-corrected chi connectivity index (χ0v) is 22.8. The van der Waals surface area contributed by atoms with Crippen LogP contribution in [0.5, 0.6) is 0 Å². The smallest absolute Gasteiger partial charge is 0.426 e. The Morgan fingerprint density at radius 3 is 2.62 bits per heavy atom. The van der Waals surface area contributed by atoms with Gasteiger partial charge in [0, 0.05) is 29.5 Å². The third kappa shape index (κ3) is 8.20. The number of nitrogens with one attached hydrogen (secondary N) is 2. The molecular weight excluding hydrogens is 570 g/mol. The Morgan fingerprint density at radius 2 is 1.85 bits per heavy atom. The van der Waals surface area contributed by atoms with Gasteiger partial charge < -0.3 is 9.15 Å². The van der Waals surface area contributed by atoms with Gasteiger partial charge in [-0.2, -0.15) is 16.1 Å². The maximum atomic E-state index is 13.2. The van der Waals surface area contributed by atoms with Gasteiger partial charge in [-0.3, -0.25) is 10.2 Å². The highest BCUT2D eigenvalue weighted by Crippen LogP contribution is 2.21. The summed E-state index contributed by atoms with van der Waals surface area (Å²) in [4.78, 5) is 24.2. The molecule has 0 unspecified atom stereocenters. The van der Waals surface area contributed by atoms with Crippen LogP contribution in [-0.2, 0) is 31.9 Å². The van der Waals surface area contributed by atoms with E-state index in [9.17, 15) is 18.0 Å². The number of benzene rings is 2. The van der Waals surface area contributed by atoms with Crippen molar-refractivity contribution in [1.29, 1.82) is 0 Å². The number of hydrazine groups is 1. The van der Waals surface area contributed by atoms with Crippen molar-refractivity contribution < 1.29 is 31.8 Å². The molecule has 12 nitrogen and oxygen atoms in total. The molecule has 4 rings (SSSR count).